The van der Waals surface area contributed by atoms with Gasteiger partial charge in [-0.25, -0.2) is 4.98 Å². The standard InChI is InChI=1S/C13H19N3O/c1-10-7-16(8-11(2)15(10)3)13-5-4-12(9-17)6-14-13/h4-6,9-11H,7-8H2,1-3H3. The van der Waals surface area contributed by atoms with Crippen molar-refractivity contribution < 1.29 is 4.79 Å². The summed E-state index contributed by atoms with van der Waals surface area (Å²) in [7, 11) is 2.16. The highest BCUT2D eigenvalue weighted by atomic mass is 16.1. The molecule has 0 radical (unpaired) electrons. The zero-order chi connectivity index (χ0) is 12.4. The van der Waals surface area contributed by atoms with Crippen LogP contribution in [0.1, 0.15) is 24.2 Å². The molecular weight excluding hydrogens is 214 g/mol. The van der Waals surface area contributed by atoms with Gasteiger partial charge in [0.05, 0.1) is 0 Å². The lowest BCUT2D eigenvalue weighted by Gasteiger charge is -2.42. The van der Waals surface area contributed by atoms with E-state index in [4.69, 9.17) is 0 Å². The summed E-state index contributed by atoms with van der Waals surface area (Å²) >= 11 is 0. The van der Waals surface area contributed by atoms with Crippen LogP contribution in [0.4, 0.5) is 5.82 Å². The molecule has 1 saturated heterocycles. The molecule has 0 aromatic carbocycles. The topological polar surface area (TPSA) is 36.4 Å². The second-order valence-corrected chi connectivity index (χ2v) is 4.84. The number of likely N-dealkylation sites (N-methyl/N-ethyl adjacent to an activating group) is 1. The maximum absolute atomic E-state index is 10.6. The number of pyridine rings is 1. The van der Waals surface area contributed by atoms with Gasteiger partial charge in [-0.15, -0.1) is 0 Å². The number of anilines is 1. The lowest BCUT2D eigenvalue weighted by molar-refractivity contribution is 0.112. The van der Waals surface area contributed by atoms with Crippen LogP contribution in [0.15, 0.2) is 18.3 Å². The van der Waals surface area contributed by atoms with Crippen molar-refractivity contribution in [1.82, 2.24) is 9.88 Å². The molecule has 17 heavy (non-hydrogen) atoms. The van der Waals surface area contributed by atoms with Crippen molar-refractivity contribution in [3.63, 3.8) is 0 Å². The predicted octanol–water partition coefficient (Wildman–Crippen LogP) is 1.42. The van der Waals surface area contributed by atoms with Gasteiger partial charge >= 0.3 is 0 Å². The van der Waals surface area contributed by atoms with Gasteiger partial charge in [0.25, 0.3) is 0 Å². The Morgan fingerprint density at radius 1 is 1.29 bits per heavy atom. The van der Waals surface area contributed by atoms with E-state index in [-0.39, 0.29) is 0 Å². The first-order valence-corrected chi connectivity index (χ1v) is 6.00. The number of carbonyl (C=O) groups excluding carboxylic acids is 1. The number of hydrogen-bond donors (Lipinski definition) is 0. The van der Waals surface area contributed by atoms with Gasteiger partial charge in [-0.2, -0.15) is 0 Å². The molecule has 1 aromatic heterocycles. The van der Waals surface area contributed by atoms with Crippen LogP contribution in [0.2, 0.25) is 0 Å². The molecule has 2 heterocycles. The molecule has 0 saturated carbocycles. The summed E-state index contributed by atoms with van der Waals surface area (Å²) in [6.45, 7) is 6.41. The molecule has 1 aliphatic heterocycles. The number of hydrogen-bond acceptors (Lipinski definition) is 4. The highest BCUT2D eigenvalue weighted by Crippen LogP contribution is 2.19. The van der Waals surface area contributed by atoms with Crippen molar-refractivity contribution in [3.8, 4) is 0 Å². The van der Waals surface area contributed by atoms with Gasteiger partial charge in [0, 0.05) is 36.9 Å². The first-order chi connectivity index (χ1) is 8.11. The van der Waals surface area contributed by atoms with Crippen molar-refractivity contribution in [1.29, 1.82) is 0 Å². The molecule has 92 valence electrons. The third kappa shape index (κ3) is 2.47. The summed E-state index contributed by atoms with van der Waals surface area (Å²) in [5.74, 6) is 0.961. The molecule has 0 N–H and O–H groups in total. The van der Waals surface area contributed by atoms with E-state index in [9.17, 15) is 4.79 Å². The van der Waals surface area contributed by atoms with Crippen molar-refractivity contribution in [2.45, 2.75) is 25.9 Å². The number of nitrogens with zero attached hydrogens (tertiary/aromatic N) is 3. The molecule has 0 amide bonds. The molecule has 1 fully saturated rings. The molecule has 1 aliphatic rings. The molecule has 2 unspecified atom stereocenters. The van der Waals surface area contributed by atoms with Crippen LogP contribution >= 0.6 is 0 Å². The molecule has 1 aromatic rings. The number of rotatable bonds is 2. The van der Waals surface area contributed by atoms with Crippen molar-refractivity contribution >= 4 is 12.1 Å². The average molecular weight is 233 g/mol. The Labute approximate surface area is 102 Å². The molecule has 2 atom stereocenters. The number of aldehydes is 1. The molecule has 4 nitrogen and oxygen atoms in total. The van der Waals surface area contributed by atoms with Crippen LogP contribution in [0.25, 0.3) is 0 Å². The van der Waals surface area contributed by atoms with Gasteiger partial charge in [-0.1, -0.05) is 0 Å². The van der Waals surface area contributed by atoms with Crippen LogP contribution in [-0.2, 0) is 0 Å². The van der Waals surface area contributed by atoms with Crippen LogP contribution in [-0.4, -0.2) is 48.4 Å². The van der Waals surface area contributed by atoms with Gasteiger partial charge in [0.1, 0.15) is 5.82 Å². The average Bonchev–Trinajstić information content (AvgIpc) is 2.35. The predicted molar refractivity (Wildman–Crippen MR) is 68.5 cm³/mol. The molecule has 0 aliphatic carbocycles. The van der Waals surface area contributed by atoms with E-state index in [1.54, 1.807) is 6.20 Å². The summed E-state index contributed by atoms with van der Waals surface area (Å²) in [5, 5.41) is 0. The van der Waals surface area contributed by atoms with Crippen molar-refractivity contribution in [2.24, 2.45) is 0 Å². The van der Waals surface area contributed by atoms with E-state index in [1.807, 2.05) is 12.1 Å². The zero-order valence-electron chi connectivity index (χ0n) is 10.6. The molecule has 0 spiro atoms. The second kappa shape index (κ2) is 4.84. The van der Waals surface area contributed by atoms with Crippen LogP contribution in [0, 0.1) is 0 Å². The number of piperazine rings is 1. The van der Waals surface area contributed by atoms with Crippen LogP contribution in [0.3, 0.4) is 0 Å². The van der Waals surface area contributed by atoms with Crippen LogP contribution in [0.5, 0.6) is 0 Å². The molecule has 0 bridgehead atoms. The van der Waals surface area contributed by atoms with E-state index in [1.165, 1.54) is 0 Å². The van der Waals surface area contributed by atoms with Gasteiger partial charge < -0.3 is 4.90 Å². The Balaban J connectivity index is 2.14. The Bertz CT molecular complexity index is 378. The Hall–Kier alpha value is -1.42. The van der Waals surface area contributed by atoms with Crippen LogP contribution < -0.4 is 4.90 Å². The van der Waals surface area contributed by atoms with E-state index in [0.717, 1.165) is 25.2 Å². The Morgan fingerprint density at radius 3 is 2.41 bits per heavy atom. The molecule has 2 rings (SSSR count). The third-order valence-corrected chi connectivity index (χ3v) is 3.59. The highest BCUT2D eigenvalue weighted by molar-refractivity contribution is 5.74. The van der Waals surface area contributed by atoms with Gasteiger partial charge in [0.2, 0.25) is 0 Å². The quantitative estimate of drug-likeness (QED) is 0.724. The number of carbonyl (C=O) groups is 1. The SMILES string of the molecule is CC1CN(c2ccc(C=O)cn2)CC(C)N1C. The van der Waals surface area contributed by atoms with Gasteiger partial charge in [-0.3, -0.25) is 9.69 Å². The monoisotopic (exact) mass is 233 g/mol. The smallest absolute Gasteiger partial charge is 0.151 e. The third-order valence-electron chi connectivity index (χ3n) is 3.59. The fourth-order valence-corrected chi connectivity index (χ4v) is 2.25. The fourth-order valence-electron chi connectivity index (χ4n) is 2.25. The maximum Gasteiger partial charge on any atom is 0.151 e. The lowest BCUT2D eigenvalue weighted by Crippen LogP contribution is -2.55. The zero-order valence-corrected chi connectivity index (χ0v) is 10.6. The summed E-state index contributed by atoms with van der Waals surface area (Å²) in [6.07, 6.45) is 2.46. The molecular formula is C13H19N3O. The largest absolute Gasteiger partial charge is 0.354 e. The Morgan fingerprint density at radius 2 is 1.94 bits per heavy atom. The van der Waals surface area contributed by atoms with E-state index >= 15 is 0 Å². The highest BCUT2D eigenvalue weighted by Gasteiger charge is 2.26. The second-order valence-electron chi connectivity index (χ2n) is 4.84. The van der Waals surface area contributed by atoms with Crippen molar-refractivity contribution in [2.75, 3.05) is 25.0 Å². The van der Waals surface area contributed by atoms with E-state index in [2.05, 4.69) is 35.7 Å². The normalized spacial score (nSPS) is 25.9. The minimum atomic E-state index is 0.520. The first-order valence-electron chi connectivity index (χ1n) is 6.00. The fraction of sp³-hybridized carbons (Fsp3) is 0.538. The minimum Gasteiger partial charge on any atom is -0.354 e. The van der Waals surface area contributed by atoms with Crippen molar-refractivity contribution in [3.05, 3.63) is 23.9 Å². The first kappa shape index (κ1) is 12.0. The van der Waals surface area contributed by atoms with Gasteiger partial charge in [-0.05, 0) is 33.0 Å². The van der Waals surface area contributed by atoms with E-state index < -0.39 is 0 Å². The molecule has 4 heteroatoms. The summed E-state index contributed by atoms with van der Waals surface area (Å²) in [6, 6.07) is 4.79. The summed E-state index contributed by atoms with van der Waals surface area (Å²) in [4.78, 5) is 19.6. The maximum atomic E-state index is 10.6. The summed E-state index contributed by atoms with van der Waals surface area (Å²) in [5.41, 5.74) is 0.629. The minimum absolute atomic E-state index is 0.520. The van der Waals surface area contributed by atoms with Gasteiger partial charge in [0.15, 0.2) is 6.29 Å². The summed E-state index contributed by atoms with van der Waals surface area (Å²) < 4.78 is 0. The Kier molecular flexibility index (Phi) is 3.43. The lowest BCUT2D eigenvalue weighted by atomic mass is 10.1. The number of aromatic nitrogens is 1. The van der Waals surface area contributed by atoms with E-state index in [0.29, 0.717) is 17.6 Å².